The second-order valence-corrected chi connectivity index (χ2v) is 3.97. The zero-order chi connectivity index (χ0) is 11.7. The standard InChI is InChI=1S/C10H15NO5/c1-6(12)16-8-3-4-9(14-2)11-7(8)5-15-10(11)13/h7-9H,3-5H2,1-2H3/t7-,8+,9-/m1/s1. The van der Waals surface area contributed by atoms with Gasteiger partial charge in [-0.05, 0) is 12.8 Å². The molecular weight excluding hydrogens is 214 g/mol. The van der Waals surface area contributed by atoms with E-state index in [0.29, 0.717) is 12.8 Å². The molecular formula is C10H15NO5. The third-order valence-electron chi connectivity index (χ3n) is 2.97. The van der Waals surface area contributed by atoms with Crippen molar-refractivity contribution in [2.45, 2.75) is 38.1 Å². The molecule has 3 atom stereocenters. The number of ether oxygens (including phenoxy) is 3. The topological polar surface area (TPSA) is 65.1 Å². The number of esters is 1. The molecule has 0 bridgehead atoms. The van der Waals surface area contributed by atoms with Gasteiger partial charge in [0.1, 0.15) is 25.0 Å². The Labute approximate surface area is 93.4 Å². The van der Waals surface area contributed by atoms with Crippen molar-refractivity contribution in [3.05, 3.63) is 0 Å². The van der Waals surface area contributed by atoms with E-state index in [2.05, 4.69) is 0 Å². The van der Waals surface area contributed by atoms with Crippen LogP contribution in [-0.4, -0.2) is 49.1 Å². The van der Waals surface area contributed by atoms with Crippen molar-refractivity contribution in [3.63, 3.8) is 0 Å². The van der Waals surface area contributed by atoms with Gasteiger partial charge in [-0.25, -0.2) is 4.79 Å². The minimum atomic E-state index is -0.395. The molecule has 2 saturated heterocycles. The molecule has 0 N–H and O–H groups in total. The number of carbonyl (C=O) groups is 2. The zero-order valence-electron chi connectivity index (χ0n) is 9.34. The lowest BCUT2D eigenvalue weighted by atomic mass is 9.99. The lowest BCUT2D eigenvalue weighted by Gasteiger charge is -2.38. The van der Waals surface area contributed by atoms with Crippen LogP contribution in [0, 0.1) is 0 Å². The molecule has 0 spiro atoms. The maximum atomic E-state index is 11.5. The molecule has 0 aliphatic carbocycles. The predicted octanol–water partition coefficient (Wildman–Crippen LogP) is 0.505. The van der Waals surface area contributed by atoms with Crippen molar-refractivity contribution in [1.82, 2.24) is 4.90 Å². The fourth-order valence-corrected chi connectivity index (χ4v) is 2.28. The summed E-state index contributed by atoms with van der Waals surface area (Å²) in [6.45, 7) is 1.63. The van der Waals surface area contributed by atoms with E-state index in [1.807, 2.05) is 0 Å². The molecule has 0 aromatic rings. The highest BCUT2D eigenvalue weighted by Gasteiger charge is 2.47. The highest BCUT2D eigenvalue weighted by Crippen LogP contribution is 2.30. The van der Waals surface area contributed by atoms with Crippen LogP contribution in [0.1, 0.15) is 19.8 Å². The second-order valence-electron chi connectivity index (χ2n) is 3.97. The number of amides is 1. The normalized spacial score (nSPS) is 33.2. The van der Waals surface area contributed by atoms with Crippen molar-refractivity contribution >= 4 is 12.1 Å². The van der Waals surface area contributed by atoms with E-state index in [1.54, 1.807) is 7.11 Å². The monoisotopic (exact) mass is 229 g/mol. The fourth-order valence-electron chi connectivity index (χ4n) is 2.28. The Bertz CT molecular complexity index is 306. The molecule has 2 rings (SSSR count). The van der Waals surface area contributed by atoms with Crippen LogP contribution < -0.4 is 0 Å². The Kier molecular flexibility index (Phi) is 3.00. The number of piperidine rings is 1. The quantitative estimate of drug-likeness (QED) is 0.645. The predicted molar refractivity (Wildman–Crippen MR) is 52.6 cm³/mol. The summed E-state index contributed by atoms with van der Waals surface area (Å²) in [6.07, 6.45) is 0.395. The summed E-state index contributed by atoms with van der Waals surface area (Å²) in [4.78, 5) is 24.0. The summed E-state index contributed by atoms with van der Waals surface area (Å²) in [5.74, 6) is -0.333. The van der Waals surface area contributed by atoms with Crippen molar-refractivity contribution < 1.29 is 23.8 Å². The number of methoxy groups -OCH3 is 1. The van der Waals surface area contributed by atoms with Gasteiger partial charge in [-0.1, -0.05) is 0 Å². The van der Waals surface area contributed by atoms with Crippen LogP contribution in [0.3, 0.4) is 0 Å². The van der Waals surface area contributed by atoms with E-state index in [4.69, 9.17) is 14.2 Å². The zero-order valence-corrected chi connectivity index (χ0v) is 9.34. The lowest BCUT2D eigenvalue weighted by molar-refractivity contribution is -0.157. The van der Waals surface area contributed by atoms with Crippen molar-refractivity contribution in [3.8, 4) is 0 Å². The van der Waals surface area contributed by atoms with Gasteiger partial charge in [0.25, 0.3) is 0 Å². The molecule has 2 fully saturated rings. The molecule has 0 radical (unpaired) electrons. The van der Waals surface area contributed by atoms with Crippen LogP contribution in [0.5, 0.6) is 0 Å². The summed E-state index contributed by atoms with van der Waals surface area (Å²) in [5, 5.41) is 0. The molecule has 0 unspecified atom stereocenters. The maximum absolute atomic E-state index is 11.5. The number of hydrogen-bond donors (Lipinski definition) is 0. The number of carbonyl (C=O) groups excluding carboxylic acids is 2. The van der Waals surface area contributed by atoms with Crippen molar-refractivity contribution in [1.29, 1.82) is 0 Å². The van der Waals surface area contributed by atoms with Gasteiger partial charge in [0.2, 0.25) is 0 Å². The van der Waals surface area contributed by atoms with Gasteiger partial charge in [-0.15, -0.1) is 0 Å². The first kappa shape index (κ1) is 11.2. The van der Waals surface area contributed by atoms with E-state index in [9.17, 15) is 9.59 Å². The molecule has 0 aromatic heterocycles. The van der Waals surface area contributed by atoms with Gasteiger partial charge >= 0.3 is 12.1 Å². The summed E-state index contributed by atoms with van der Waals surface area (Å²) in [6, 6.07) is -0.213. The van der Waals surface area contributed by atoms with Gasteiger partial charge in [-0.3, -0.25) is 9.69 Å². The highest BCUT2D eigenvalue weighted by molar-refractivity contribution is 5.71. The van der Waals surface area contributed by atoms with E-state index in [0.717, 1.165) is 0 Å². The van der Waals surface area contributed by atoms with Gasteiger partial charge < -0.3 is 14.2 Å². The maximum Gasteiger partial charge on any atom is 0.412 e. The smallest absolute Gasteiger partial charge is 0.412 e. The van der Waals surface area contributed by atoms with Gasteiger partial charge in [0, 0.05) is 14.0 Å². The summed E-state index contributed by atoms with van der Waals surface area (Å²) in [7, 11) is 1.56. The summed E-state index contributed by atoms with van der Waals surface area (Å²) >= 11 is 0. The van der Waals surface area contributed by atoms with E-state index < -0.39 is 6.09 Å². The van der Waals surface area contributed by atoms with Gasteiger partial charge in [0.15, 0.2) is 0 Å². The third kappa shape index (κ3) is 1.84. The average Bonchev–Trinajstić information content (AvgIpc) is 2.62. The molecule has 2 aliphatic rings. The lowest BCUT2D eigenvalue weighted by Crippen LogP contribution is -2.54. The summed E-state index contributed by atoms with van der Waals surface area (Å²) in [5.41, 5.74) is 0. The van der Waals surface area contributed by atoms with Crippen LogP contribution in [0.4, 0.5) is 4.79 Å². The van der Waals surface area contributed by atoms with Crippen LogP contribution >= 0.6 is 0 Å². The van der Waals surface area contributed by atoms with Gasteiger partial charge in [-0.2, -0.15) is 0 Å². The van der Waals surface area contributed by atoms with Crippen molar-refractivity contribution in [2.24, 2.45) is 0 Å². The number of cyclic esters (lactones) is 1. The first-order valence-corrected chi connectivity index (χ1v) is 5.28. The van der Waals surface area contributed by atoms with E-state index in [1.165, 1.54) is 11.8 Å². The molecule has 2 aliphatic heterocycles. The first-order chi connectivity index (χ1) is 7.63. The Balaban J connectivity index is 2.11. The molecule has 2 heterocycles. The number of fused-ring (bicyclic) bond motifs is 1. The van der Waals surface area contributed by atoms with Crippen LogP contribution in [0.25, 0.3) is 0 Å². The first-order valence-electron chi connectivity index (χ1n) is 5.28. The molecule has 90 valence electrons. The van der Waals surface area contributed by atoms with Crippen LogP contribution in [0.2, 0.25) is 0 Å². The van der Waals surface area contributed by atoms with Crippen LogP contribution in [0.15, 0.2) is 0 Å². The Morgan fingerprint density at radius 3 is 2.88 bits per heavy atom. The van der Waals surface area contributed by atoms with E-state index >= 15 is 0 Å². The Morgan fingerprint density at radius 1 is 1.50 bits per heavy atom. The summed E-state index contributed by atoms with van der Waals surface area (Å²) < 4.78 is 15.4. The fraction of sp³-hybridized carbons (Fsp3) is 0.800. The number of rotatable bonds is 2. The Hall–Kier alpha value is -1.30. The third-order valence-corrected chi connectivity index (χ3v) is 2.97. The highest BCUT2D eigenvalue weighted by atomic mass is 16.6. The molecule has 0 saturated carbocycles. The number of nitrogens with zero attached hydrogens (tertiary/aromatic N) is 1. The molecule has 16 heavy (non-hydrogen) atoms. The molecule has 6 nitrogen and oxygen atoms in total. The second kappa shape index (κ2) is 4.29. The van der Waals surface area contributed by atoms with Crippen molar-refractivity contribution in [2.75, 3.05) is 13.7 Å². The molecule has 6 heteroatoms. The minimum Gasteiger partial charge on any atom is -0.460 e. The number of hydrogen-bond acceptors (Lipinski definition) is 5. The van der Waals surface area contributed by atoms with Crippen LogP contribution in [-0.2, 0) is 19.0 Å². The van der Waals surface area contributed by atoms with E-state index in [-0.39, 0.29) is 30.9 Å². The molecule has 0 aromatic carbocycles. The van der Waals surface area contributed by atoms with Gasteiger partial charge in [0.05, 0.1) is 0 Å². The minimum absolute atomic E-state index is 0.213. The average molecular weight is 229 g/mol. The largest absolute Gasteiger partial charge is 0.460 e. The Morgan fingerprint density at radius 2 is 2.25 bits per heavy atom. The molecule has 1 amide bonds. The SMILES string of the molecule is CO[C@@H]1CC[C@H](OC(C)=O)[C@H]2COC(=O)N21.